The summed E-state index contributed by atoms with van der Waals surface area (Å²) in [5, 5.41) is 24.2. The first-order chi connectivity index (χ1) is 19.0. The van der Waals surface area contributed by atoms with Crippen molar-refractivity contribution >= 4 is 33.0 Å². The van der Waals surface area contributed by atoms with Gasteiger partial charge in [-0.2, -0.15) is 0 Å². The molecule has 7 rings (SSSR count). The Bertz CT molecular complexity index is 1600. The molecule has 2 bridgehead atoms. The Hall–Kier alpha value is -2.92. The first-order valence-electron chi connectivity index (χ1n) is 13.2. The van der Waals surface area contributed by atoms with E-state index in [2.05, 4.69) is 10.3 Å². The third kappa shape index (κ3) is 4.60. The number of carbonyl (C=O) groups is 1. The topological polar surface area (TPSA) is 117 Å². The fourth-order valence-electron chi connectivity index (χ4n) is 6.18. The maximum absolute atomic E-state index is 13.7. The molecule has 1 amide bonds. The fraction of sp³-hybridized carbons (Fsp3) is 0.379. The number of aromatic nitrogens is 1. The molecule has 1 heterocycles. The van der Waals surface area contributed by atoms with E-state index in [1.54, 1.807) is 6.07 Å². The van der Waals surface area contributed by atoms with E-state index in [1.807, 2.05) is 12.1 Å². The second-order valence-electron chi connectivity index (χ2n) is 11.0. The van der Waals surface area contributed by atoms with Gasteiger partial charge in [0.2, 0.25) is 0 Å². The number of amides is 1. The van der Waals surface area contributed by atoms with Crippen molar-refractivity contribution in [3.8, 4) is 0 Å². The Morgan fingerprint density at radius 1 is 1.02 bits per heavy atom. The quantitative estimate of drug-likeness (QED) is 0.350. The molecule has 7 nitrogen and oxygen atoms in total. The SMILES string of the molecule is O=C(Nc1ccc(F)c(F)c1)c1ccc(Cl)c(S(=O)(=O)C2CC3CC(C2)C3(O)C(O)c2cccc(C3CC3)n2)c1. The van der Waals surface area contributed by atoms with Crippen LogP contribution in [0.5, 0.6) is 0 Å². The minimum atomic E-state index is -4.02. The number of hydrogen-bond acceptors (Lipinski definition) is 6. The molecule has 0 radical (unpaired) electrons. The van der Waals surface area contributed by atoms with Crippen LogP contribution in [-0.4, -0.2) is 40.4 Å². The normalized spacial score (nSPS) is 26.6. The molecule has 210 valence electrons. The number of carbonyl (C=O) groups excluding carboxylic acids is 1. The summed E-state index contributed by atoms with van der Waals surface area (Å²) < 4.78 is 54.2. The molecule has 0 spiro atoms. The maximum Gasteiger partial charge on any atom is 0.255 e. The summed E-state index contributed by atoms with van der Waals surface area (Å²) in [7, 11) is -4.02. The van der Waals surface area contributed by atoms with Gasteiger partial charge in [-0.15, -0.1) is 0 Å². The average Bonchev–Trinajstić information content (AvgIpc) is 3.80. The predicted octanol–water partition coefficient (Wildman–Crippen LogP) is 5.18. The fourth-order valence-corrected chi connectivity index (χ4v) is 8.58. The third-order valence-corrected chi connectivity index (χ3v) is 11.2. The maximum atomic E-state index is 13.7. The van der Waals surface area contributed by atoms with Gasteiger partial charge in [0, 0.05) is 28.9 Å². The van der Waals surface area contributed by atoms with Crippen molar-refractivity contribution in [2.24, 2.45) is 11.8 Å². The van der Waals surface area contributed by atoms with Gasteiger partial charge < -0.3 is 15.5 Å². The summed E-state index contributed by atoms with van der Waals surface area (Å²) in [5.74, 6) is -3.44. The number of halogens is 3. The van der Waals surface area contributed by atoms with Crippen molar-refractivity contribution < 1.29 is 32.2 Å². The first-order valence-corrected chi connectivity index (χ1v) is 15.1. The van der Waals surface area contributed by atoms with Crippen LogP contribution in [0, 0.1) is 23.5 Å². The molecule has 2 aromatic carbocycles. The zero-order valence-electron chi connectivity index (χ0n) is 21.2. The predicted molar refractivity (Wildman–Crippen MR) is 144 cm³/mol. The summed E-state index contributed by atoms with van der Waals surface area (Å²) in [4.78, 5) is 17.1. The van der Waals surface area contributed by atoms with Crippen LogP contribution in [-0.2, 0) is 9.84 Å². The highest BCUT2D eigenvalue weighted by Crippen LogP contribution is 2.60. The van der Waals surface area contributed by atoms with Gasteiger partial charge in [-0.25, -0.2) is 17.2 Å². The zero-order valence-corrected chi connectivity index (χ0v) is 22.8. The van der Waals surface area contributed by atoms with Gasteiger partial charge in [0.25, 0.3) is 5.91 Å². The van der Waals surface area contributed by atoms with Crippen LogP contribution < -0.4 is 5.32 Å². The molecule has 4 fully saturated rings. The lowest BCUT2D eigenvalue weighted by Gasteiger charge is -2.59. The van der Waals surface area contributed by atoms with E-state index in [0.717, 1.165) is 30.7 Å². The highest BCUT2D eigenvalue weighted by molar-refractivity contribution is 7.92. The number of nitrogens with zero attached hydrogens (tertiary/aromatic N) is 1. The van der Waals surface area contributed by atoms with Gasteiger partial charge in [0.05, 0.1) is 20.9 Å². The monoisotopic (exact) mass is 588 g/mol. The summed E-state index contributed by atoms with van der Waals surface area (Å²) in [6.45, 7) is 0. The number of nitrogens with one attached hydrogen (secondary N) is 1. The molecule has 3 atom stereocenters. The van der Waals surface area contributed by atoms with Gasteiger partial charge in [0.1, 0.15) is 11.7 Å². The lowest BCUT2D eigenvalue weighted by atomic mass is 9.51. The van der Waals surface area contributed by atoms with Crippen molar-refractivity contribution in [2.45, 2.75) is 59.9 Å². The molecule has 0 saturated heterocycles. The molecule has 3 aromatic rings. The Morgan fingerprint density at radius 3 is 2.42 bits per heavy atom. The van der Waals surface area contributed by atoms with E-state index in [0.29, 0.717) is 18.0 Å². The van der Waals surface area contributed by atoms with Crippen molar-refractivity contribution in [3.05, 3.63) is 88.2 Å². The van der Waals surface area contributed by atoms with Gasteiger partial charge >= 0.3 is 0 Å². The molecule has 3 N–H and O–H groups in total. The molecule has 1 aromatic heterocycles. The van der Waals surface area contributed by atoms with Crippen molar-refractivity contribution in [3.63, 3.8) is 0 Å². The van der Waals surface area contributed by atoms with E-state index in [-0.39, 0.29) is 34.0 Å². The molecule has 4 saturated carbocycles. The summed E-state index contributed by atoms with van der Waals surface area (Å²) in [6.07, 6.45) is 1.71. The van der Waals surface area contributed by atoms with Crippen molar-refractivity contribution in [1.82, 2.24) is 4.98 Å². The lowest BCUT2D eigenvalue weighted by Crippen LogP contribution is -2.64. The molecule has 3 unspecified atom stereocenters. The Labute approximate surface area is 235 Å². The number of pyridine rings is 1. The molecular weight excluding hydrogens is 562 g/mol. The minimum absolute atomic E-state index is 0.00521. The van der Waals surface area contributed by atoms with Crippen LogP contribution >= 0.6 is 11.6 Å². The number of hydrogen-bond donors (Lipinski definition) is 3. The zero-order chi connectivity index (χ0) is 28.4. The van der Waals surface area contributed by atoms with Gasteiger partial charge in [-0.05, 0) is 86.4 Å². The minimum Gasteiger partial charge on any atom is -0.386 e. The summed E-state index contributed by atoms with van der Waals surface area (Å²) in [5.41, 5.74) is -0.205. The second-order valence-corrected chi connectivity index (χ2v) is 13.7. The Balaban J connectivity index is 1.20. The number of rotatable bonds is 7. The van der Waals surface area contributed by atoms with Crippen LogP contribution in [0.25, 0.3) is 0 Å². The smallest absolute Gasteiger partial charge is 0.255 e. The van der Waals surface area contributed by atoms with Crippen LogP contribution in [0.4, 0.5) is 14.5 Å². The molecule has 4 aliphatic rings. The molecule has 4 aliphatic carbocycles. The van der Waals surface area contributed by atoms with Crippen LogP contribution in [0.1, 0.15) is 65.9 Å². The molecule has 40 heavy (non-hydrogen) atoms. The van der Waals surface area contributed by atoms with E-state index in [4.69, 9.17) is 11.6 Å². The van der Waals surface area contributed by atoms with Crippen LogP contribution in [0.2, 0.25) is 5.02 Å². The van der Waals surface area contributed by atoms with E-state index >= 15 is 0 Å². The Morgan fingerprint density at radius 2 is 1.75 bits per heavy atom. The average molecular weight is 589 g/mol. The van der Waals surface area contributed by atoms with Gasteiger partial charge in [0.15, 0.2) is 21.5 Å². The highest BCUT2D eigenvalue weighted by atomic mass is 35.5. The number of aliphatic hydroxyl groups excluding tert-OH is 1. The van der Waals surface area contributed by atoms with Crippen molar-refractivity contribution in [2.75, 3.05) is 5.32 Å². The largest absolute Gasteiger partial charge is 0.386 e. The molecular formula is C29H27ClF2N2O5S. The number of benzene rings is 2. The number of sulfone groups is 1. The number of fused-ring (bicyclic) bond motifs is 2. The summed E-state index contributed by atoms with van der Waals surface area (Å²) in [6, 6.07) is 12.1. The standard InChI is InChI=1S/C29H27ClF2N2O5S/c30-21-8-6-16(28(36)33-19-7-9-22(31)23(32)14-19)10-26(21)40(38,39)20-12-17-11-18(13-20)29(17,37)27(35)25-3-1-2-24(34-25)15-4-5-15/h1-3,6-10,14-15,17-18,20,27,35,37H,4-5,11-13H2,(H,33,36). The number of anilines is 1. The second kappa shape index (κ2) is 9.87. The van der Waals surface area contributed by atoms with Crippen LogP contribution in [0.3, 0.4) is 0 Å². The van der Waals surface area contributed by atoms with E-state index in [1.165, 1.54) is 24.3 Å². The molecule has 0 aliphatic heterocycles. The number of aliphatic hydroxyl groups is 2. The van der Waals surface area contributed by atoms with Gasteiger partial charge in [-0.1, -0.05) is 17.7 Å². The van der Waals surface area contributed by atoms with Gasteiger partial charge in [-0.3, -0.25) is 9.78 Å². The highest BCUT2D eigenvalue weighted by Gasteiger charge is 2.63. The third-order valence-electron chi connectivity index (χ3n) is 8.59. The van der Waals surface area contributed by atoms with Crippen molar-refractivity contribution in [1.29, 1.82) is 0 Å². The Kier molecular flexibility index (Phi) is 6.72. The summed E-state index contributed by atoms with van der Waals surface area (Å²) >= 11 is 6.28. The first kappa shape index (κ1) is 27.3. The van der Waals surface area contributed by atoms with E-state index in [9.17, 15) is 32.2 Å². The van der Waals surface area contributed by atoms with E-state index < -0.39 is 56.2 Å². The van der Waals surface area contributed by atoms with Crippen LogP contribution in [0.15, 0.2) is 59.5 Å². The lowest BCUT2D eigenvalue weighted by molar-refractivity contribution is -0.234. The molecule has 11 heteroatoms.